The molecule has 1 aromatic rings. The summed E-state index contributed by atoms with van der Waals surface area (Å²) in [6, 6.07) is 1.54. The number of carboxylic acids is 1. The van der Waals surface area contributed by atoms with Crippen LogP contribution in [0.3, 0.4) is 0 Å². The highest BCUT2D eigenvalue weighted by Gasteiger charge is 2.24. The fourth-order valence-electron chi connectivity index (χ4n) is 2.76. The Kier molecular flexibility index (Phi) is 5.37. The number of nitrogens with zero attached hydrogens (tertiary/aromatic N) is 1. The first-order valence-electron chi connectivity index (χ1n) is 6.85. The summed E-state index contributed by atoms with van der Waals surface area (Å²) in [7, 11) is 0. The second-order valence-corrected chi connectivity index (χ2v) is 6.14. The highest BCUT2D eigenvalue weighted by molar-refractivity contribution is 9.10. The predicted octanol–water partition coefficient (Wildman–Crippen LogP) is 2.75. The second-order valence-electron chi connectivity index (χ2n) is 5.22. The summed E-state index contributed by atoms with van der Waals surface area (Å²) in [6.45, 7) is 0.853. The summed E-state index contributed by atoms with van der Waals surface area (Å²) in [4.78, 5) is 15.3. The Bertz CT molecular complexity index is 481. The molecule has 0 radical (unpaired) electrons. The third-order valence-corrected chi connectivity index (χ3v) is 4.35. The Labute approximate surface area is 126 Å². The molecule has 110 valence electrons. The Hall–Kier alpha value is -1.14. The molecule has 2 unspecified atom stereocenters. The zero-order valence-electron chi connectivity index (χ0n) is 11.2. The van der Waals surface area contributed by atoms with Crippen LogP contribution in [0, 0.1) is 11.8 Å². The molecule has 2 rings (SSSR count). The second kappa shape index (κ2) is 7.04. The van der Waals surface area contributed by atoms with E-state index in [0.717, 1.165) is 12.8 Å². The molecule has 1 saturated carbocycles. The molecule has 6 heteroatoms. The molecule has 1 aliphatic rings. The smallest absolute Gasteiger partial charge is 0.339 e. The summed E-state index contributed by atoms with van der Waals surface area (Å²) in [5.41, 5.74) is 0.163. The van der Waals surface area contributed by atoms with Crippen molar-refractivity contribution in [3.8, 4) is 0 Å². The van der Waals surface area contributed by atoms with Crippen LogP contribution in [0.25, 0.3) is 0 Å². The first kappa shape index (κ1) is 15.3. The third-order valence-electron chi connectivity index (χ3n) is 3.92. The van der Waals surface area contributed by atoms with E-state index in [0.29, 0.717) is 28.7 Å². The minimum Gasteiger partial charge on any atom is -0.478 e. The Morgan fingerprint density at radius 1 is 1.40 bits per heavy atom. The van der Waals surface area contributed by atoms with Gasteiger partial charge in [-0.1, -0.05) is 12.8 Å². The van der Waals surface area contributed by atoms with Crippen LogP contribution in [0.2, 0.25) is 0 Å². The first-order chi connectivity index (χ1) is 9.61. The monoisotopic (exact) mass is 342 g/mol. The molecule has 1 aromatic heterocycles. The molecular weight excluding hydrogens is 324 g/mol. The summed E-state index contributed by atoms with van der Waals surface area (Å²) in [5.74, 6) is 0.0763. The van der Waals surface area contributed by atoms with Crippen LogP contribution in [-0.4, -0.2) is 34.3 Å². The number of nitrogens with one attached hydrogen (secondary N) is 1. The summed E-state index contributed by atoms with van der Waals surface area (Å²) >= 11 is 3.23. The van der Waals surface area contributed by atoms with Gasteiger partial charge in [0.25, 0.3) is 0 Å². The van der Waals surface area contributed by atoms with Crippen molar-refractivity contribution in [3.63, 3.8) is 0 Å². The highest BCUT2D eigenvalue weighted by Crippen LogP contribution is 2.30. The number of hydrogen-bond acceptors (Lipinski definition) is 4. The zero-order valence-corrected chi connectivity index (χ0v) is 12.8. The van der Waals surface area contributed by atoms with Gasteiger partial charge in [-0.25, -0.2) is 9.78 Å². The number of aromatic carboxylic acids is 1. The number of anilines is 1. The van der Waals surface area contributed by atoms with E-state index in [4.69, 9.17) is 0 Å². The fourth-order valence-corrected chi connectivity index (χ4v) is 3.10. The Balaban J connectivity index is 2.04. The van der Waals surface area contributed by atoms with Crippen LogP contribution >= 0.6 is 15.9 Å². The van der Waals surface area contributed by atoms with Crippen molar-refractivity contribution in [2.45, 2.75) is 25.7 Å². The minimum absolute atomic E-state index is 0.163. The molecule has 1 heterocycles. The van der Waals surface area contributed by atoms with Gasteiger partial charge in [-0.2, -0.15) is 0 Å². The first-order valence-corrected chi connectivity index (χ1v) is 7.64. The van der Waals surface area contributed by atoms with E-state index in [1.165, 1.54) is 12.8 Å². The topological polar surface area (TPSA) is 82.5 Å². The number of carbonyl (C=O) groups is 1. The lowest BCUT2D eigenvalue weighted by Gasteiger charge is -2.30. The van der Waals surface area contributed by atoms with Crippen LogP contribution in [-0.2, 0) is 0 Å². The molecule has 0 aliphatic heterocycles. The number of aliphatic hydroxyl groups is 1. The zero-order chi connectivity index (χ0) is 14.5. The fraction of sp³-hybridized carbons (Fsp3) is 0.571. The van der Waals surface area contributed by atoms with Gasteiger partial charge in [-0.3, -0.25) is 0 Å². The van der Waals surface area contributed by atoms with Crippen LogP contribution in [0.4, 0.5) is 5.82 Å². The van der Waals surface area contributed by atoms with Crippen LogP contribution < -0.4 is 5.32 Å². The van der Waals surface area contributed by atoms with Gasteiger partial charge in [0.1, 0.15) is 11.4 Å². The lowest BCUT2D eigenvalue weighted by molar-refractivity contribution is 0.0697. The Morgan fingerprint density at radius 3 is 2.75 bits per heavy atom. The number of rotatable bonds is 5. The van der Waals surface area contributed by atoms with Gasteiger partial charge in [0.15, 0.2) is 0 Å². The molecule has 1 aliphatic carbocycles. The number of halogens is 1. The van der Waals surface area contributed by atoms with E-state index in [2.05, 4.69) is 26.2 Å². The number of pyridine rings is 1. The number of hydrogen-bond donors (Lipinski definition) is 3. The van der Waals surface area contributed by atoms with Gasteiger partial charge in [-0.05, 0) is 46.7 Å². The lowest BCUT2D eigenvalue weighted by Crippen LogP contribution is -2.29. The maximum atomic E-state index is 11.2. The standard InChI is InChI=1S/C14H19BrN2O3/c15-11-5-12(14(19)20)13(17-7-11)16-6-9-3-1-2-4-10(9)8-18/h5,7,9-10,18H,1-4,6,8H2,(H,16,17)(H,19,20). The summed E-state index contributed by atoms with van der Waals surface area (Å²) in [5, 5.41) is 21.7. The highest BCUT2D eigenvalue weighted by atomic mass is 79.9. The summed E-state index contributed by atoms with van der Waals surface area (Å²) in [6.07, 6.45) is 6.03. The van der Waals surface area contributed by atoms with Crippen molar-refractivity contribution >= 4 is 27.7 Å². The van der Waals surface area contributed by atoms with Crippen molar-refractivity contribution < 1.29 is 15.0 Å². The average Bonchev–Trinajstić information content (AvgIpc) is 2.46. The van der Waals surface area contributed by atoms with Gasteiger partial charge in [0, 0.05) is 23.8 Å². The van der Waals surface area contributed by atoms with Crippen molar-refractivity contribution in [2.24, 2.45) is 11.8 Å². The van der Waals surface area contributed by atoms with Crippen molar-refractivity contribution in [3.05, 3.63) is 22.3 Å². The van der Waals surface area contributed by atoms with Gasteiger partial charge in [0.2, 0.25) is 0 Å². The molecule has 1 fully saturated rings. The molecule has 0 amide bonds. The quantitative estimate of drug-likeness (QED) is 0.766. The van der Waals surface area contributed by atoms with E-state index in [1.807, 2.05) is 0 Å². The molecule has 0 bridgehead atoms. The third kappa shape index (κ3) is 3.70. The van der Waals surface area contributed by atoms with E-state index in [1.54, 1.807) is 12.3 Å². The predicted molar refractivity (Wildman–Crippen MR) is 79.9 cm³/mol. The Morgan fingerprint density at radius 2 is 2.10 bits per heavy atom. The summed E-state index contributed by atoms with van der Waals surface area (Å²) < 4.78 is 0.645. The molecule has 0 spiro atoms. The van der Waals surface area contributed by atoms with E-state index in [9.17, 15) is 15.0 Å². The molecule has 2 atom stereocenters. The normalized spacial score (nSPS) is 22.5. The molecule has 20 heavy (non-hydrogen) atoms. The number of carboxylic acid groups (broad SMARTS) is 1. The van der Waals surface area contributed by atoms with Crippen LogP contribution in [0.1, 0.15) is 36.0 Å². The largest absolute Gasteiger partial charge is 0.478 e. The van der Waals surface area contributed by atoms with Crippen LogP contribution in [0.15, 0.2) is 16.7 Å². The van der Waals surface area contributed by atoms with E-state index in [-0.39, 0.29) is 12.2 Å². The SMILES string of the molecule is O=C(O)c1cc(Br)cnc1NCC1CCCCC1CO. The average molecular weight is 343 g/mol. The van der Waals surface area contributed by atoms with Crippen molar-refractivity contribution in [1.82, 2.24) is 4.98 Å². The number of aliphatic hydroxyl groups excluding tert-OH is 1. The van der Waals surface area contributed by atoms with Crippen molar-refractivity contribution in [1.29, 1.82) is 0 Å². The van der Waals surface area contributed by atoms with Gasteiger partial charge in [-0.15, -0.1) is 0 Å². The minimum atomic E-state index is -0.997. The molecule has 0 aromatic carbocycles. The van der Waals surface area contributed by atoms with E-state index >= 15 is 0 Å². The lowest BCUT2D eigenvalue weighted by atomic mass is 9.79. The van der Waals surface area contributed by atoms with Crippen LogP contribution in [0.5, 0.6) is 0 Å². The van der Waals surface area contributed by atoms with E-state index < -0.39 is 5.97 Å². The van der Waals surface area contributed by atoms with Crippen molar-refractivity contribution in [2.75, 3.05) is 18.5 Å². The molecular formula is C14H19BrN2O3. The molecule has 5 nitrogen and oxygen atoms in total. The van der Waals surface area contributed by atoms with Gasteiger partial charge < -0.3 is 15.5 Å². The van der Waals surface area contributed by atoms with Gasteiger partial charge in [0.05, 0.1) is 0 Å². The maximum absolute atomic E-state index is 11.2. The molecule has 0 saturated heterocycles. The van der Waals surface area contributed by atoms with Gasteiger partial charge >= 0.3 is 5.97 Å². The number of aromatic nitrogens is 1. The maximum Gasteiger partial charge on any atom is 0.339 e. The molecule has 3 N–H and O–H groups in total.